The number of nitrogens with two attached hydrogens (primary N) is 1. The van der Waals surface area contributed by atoms with Gasteiger partial charge in [-0.1, -0.05) is 24.4 Å². The Kier molecular flexibility index (Phi) is 2.46. The predicted molar refractivity (Wildman–Crippen MR) is 90.8 cm³/mol. The van der Waals surface area contributed by atoms with Crippen molar-refractivity contribution in [1.29, 1.82) is 0 Å². The fourth-order valence-corrected chi connectivity index (χ4v) is 5.45. The molecule has 2 aromatic rings. The molecule has 0 radical (unpaired) electrons. The third-order valence-corrected chi connectivity index (χ3v) is 6.95. The highest BCUT2D eigenvalue weighted by Crippen LogP contribution is 2.85. The first-order valence-electron chi connectivity index (χ1n) is 8.84. The van der Waals surface area contributed by atoms with Crippen LogP contribution in [0, 0.1) is 11.8 Å². The van der Waals surface area contributed by atoms with Crippen LogP contribution >= 0.6 is 11.6 Å². The number of nitrogens with zero attached hydrogens (tertiary/aromatic N) is 3. The summed E-state index contributed by atoms with van der Waals surface area (Å²) >= 11 is 6.16. The molecule has 5 fully saturated rings. The molecule has 6 heteroatoms. The van der Waals surface area contributed by atoms with Crippen molar-refractivity contribution in [3.63, 3.8) is 0 Å². The Hall–Kier alpha value is -1.59. The minimum Gasteiger partial charge on any atom is -0.382 e. The maximum absolute atomic E-state index is 6.16. The molecule has 4 atom stereocenters. The Balaban J connectivity index is 1.47. The monoisotopic (exact) mass is 342 g/mol. The van der Waals surface area contributed by atoms with Gasteiger partial charge in [-0.3, -0.25) is 4.68 Å². The van der Waals surface area contributed by atoms with Gasteiger partial charge in [0, 0.05) is 34.7 Å². The van der Waals surface area contributed by atoms with Crippen molar-refractivity contribution in [2.45, 2.75) is 43.2 Å². The lowest BCUT2D eigenvalue weighted by atomic mass is 10.0. The first-order valence-corrected chi connectivity index (χ1v) is 9.22. The molecular formula is C18H19ClN4O. The lowest BCUT2D eigenvalue weighted by Gasteiger charge is -2.16. The van der Waals surface area contributed by atoms with Crippen LogP contribution in [-0.2, 0) is 10.2 Å². The Morgan fingerprint density at radius 2 is 2.12 bits per heavy atom. The number of hydrogen-bond donors (Lipinski definition) is 1. The van der Waals surface area contributed by atoms with Crippen LogP contribution in [0.5, 0.6) is 0 Å². The lowest BCUT2D eigenvalue weighted by molar-refractivity contribution is 0.173. The minimum atomic E-state index is 0.277. The normalized spacial score (nSPS) is 36.1. The van der Waals surface area contributed by atoms with Crippen LogP contribution in [0.1, 0.15) is 37.4 Å². The number of pyridine rings is 1. The van der Waals surface area contributed by atoms with E-state index in [2.05, 4.69) is 15.7 Å². The zero-order valence-corrected chi connectivity index (χ0v) is 14.0. The Labute approximate surface area is 145 Å². The summed E-state index contributed by atoms with van der Waals surface area (Å²) in [7, 11) is 0. The summed E-state index contributed by atoms with van der Waals surface area (Å²) in [4.78, 5) is 4.19. The first kappa shape index (κ1) is 13.7. The van der Waals surface area contributed by atoms with E-state index >= 15 is 0 Å². The van der Waals surface area contributed by atoms with Crippen molar-refractivity contribution in [2.24, 2.45) is 11.8 Å². The smallest absolute Gasteiger partial charge is 0.142 e. The van der Waals surface area contributed by atoms with E-state index in [0.29, 0.717) is 23.0 Å². The van der Waals surface area contributed by atoms with Crippen molar-refractivity contribution >= 4 is 17.4 Å². The van der Waals surface area contributed by atoms with Gasteiger partial charge in [-0.2, -0.15) is 5.10 Å². The predicted octanol–water partition coefficient (Wildman–Crippen LogP) is 3.19. The molecule has 7 rings (SSSR count). The SMILES string of the molecule is Nc1ncc(-c2cc(C34C5COC3C54)n(C3CCCC3)n2)cc1Cl. The van der Waals surface area contributed by atoms with E-state index in [-0.39, 0.29) is 5.41 Å². The summed E-state index contributed by atoms with van der Waals surface area (Å²) in [5, 5.41) is 5.47. The molecule has 2 saturated heterocycles. The summed E-state index contributed by atoms with van der Waals surface area (Å²) in [6.07, 6.45) is 7.27. The van der Waals surface area contributed by atoms with E-state index in [1.54, 1.807) is 6.20 Å². The van der Waals surface area contributed by atoms with Crippen LogP contribution in [-0.4, -0.2) is 27.5 Å². The largest absolute Gasteiger partial charge is 0.382 e. The van der Waals surface area contributed by atoms with Gasteiger partial charge < -0.3 is 10.5 Å². The second kappa shape index (κ2) is 4.33. The second-order valence-corrected chi connectivity index (χ2v) is 8.12. The molecule has 4 unspecified atom stereocenters. The Morgan fingerprint density at radius 3 is 2.79 bits per heavy atom. The standard InChI is InChI=1S/C18H19ClN4O/c19-12-5-9(7-21-17(12)20)13-6-14(18-11-8-24-16(18)15(11)18)23(22-13)10-3-1-2-4-10/h5-7,10-11,15-16H,1-4,8H2,(H2,20,21). The average molecular weight is 343 g/mol. The van der Waals surface area contributed by atoms with Gasteiger partial charge in [-0.25, -0.2) is 4.98 Å². The van der Waals surface area contributed by atoms with Crippen LogP contribution in [0.4, 0.5) is 5.82 Å². The molecular weight excluding hydrogens is 324 g/mol. The van der Waals surface area contributed by atoms with Gasteiger partial charge in [0.1, 0.15) is 5.82 Å². The maximum atomic E-state index is 6.16. The molecule has 2 N–H and O–H groups in total. The van der Waals surface area contributed by atoms with E-state index in [0.717, 1.165) is 29.7 Å². The lowest BCUT2D eigenvalue weighted by Crippen LogP contribution is -2.18. The van der Waals surface area contributed by atoms with Crippen LogP contribution in [0.15, 0.2) is 18.3 Å². The molecule has 2 aromatic heterocycles. The Bertz CT molecular complexity index is 835. The van der Waals surface area contributed by atoms with Crippen molar-refractivity contribution in [1.82, 2.24) is 14.8 Å². The van der Waals surface area contributed by atoms with Crippen LogP contribution < -0.4 is 5.73 Å². The molecule has 0 spiro atoms. The van der Waals surface area contributed by atoms with Gasteiger partial charge in [0.05, 0.1) is 29.5 Å². The molecule has 2 bridgehead atoms. The molecule has 3 aliphatic carbocycles. The van der Waals surface area contributed by atoms with E-state index in [1.165, 1.54) is 31.4 Å². The summed E-state index contributed by atoms with van der Waals surface area (Å²) in [5.41, 5.74) is 9.30. The fourth-order valence-electron chi connectivity index (χ4n) is 5.29. The average Bonchev–Trinajstić information content (AvgIpc) is 3.14. The zero-order valence-electron chi connectivity index (χ0n) is 13.3. The van der Waals surface area contributed by atoms with Gasteiger partial charge in [0.15, 0.2) is 0 Å². The molecule has 0 amide bonds. The van der Waals surface area contributed by atoms with Gasteiger partial charge in [0.2, 0.25) is 0 Å². The number of rotatable bonds is 3. The molecule has 5 aliphatic rings. The third-order valence-electron chi connectivity index (χ3n) is 6.65. The number of hydrogen-bond acceptors (Lipinski definition) is 4. The van der Waals surface area contributed by atoms with Crippen molar-refractivity contribution in [3.05, 3.63) is 29.0 Å². The molecule has 124 valence electrons. The van der Waals surface area contributed by atoms with E-state index in [4.69, 9.17) is 27.2 Å². The van der Waals surface area contributed by atoms with Gasteiger partial charge >= 0.3 is 0 Å². The molecule has 5 nitrogen and oxygen atoms in total. The quantitative estimate of drug-likeness (QED) is 0.930. The number of anilines is 1. The van der Waals surface area contributed by atoms with Crippen LogP contribution in [0.25, 0.3) is 11.3 Å². The number of ether oxygens (including phenoxy) is 1. The molecule has 4 heterocycles. The highest BCUT2D eigenvalue weighted by atomic mass is 35.5. The highest BCUT2D eigenvalue weighted by Gasteiger charge is 2.93. The van der Waals surface area contributed by atoms with Gasteiger partial charge in [-0.05, 0) is 25.0 Å². The molecule has 24 heavy (non-hydrogen) atoms. The van der Waals surface area contributed by atoms with Crippen molar-refractivity contribution < 1.29 is 4.74 Å². The number of aromatic nitrogens is 3. The van der Waals surface area contributed by atoms with Crippen LogP contribution in [0.3, 0.4) is 0 Å². The topological polar surface area (TPSA) is 66.0 Å². The summed E-state index contributed by atoms with van der Waals surface area (Å²) in [5.74, 6) is 1.83. The van der Waals surface area contributed by atoms with Gasteiger partial charge in [0.25, 0.3) is 0 Å². The first-order chi connectivity index (χ1) is 11.7. The van der Waals surface area contributed by atoms with Crippen LogP contribution in [0.2, 0.25) is 5.02 Å². The summed E-state index contributed by atoms with van der Waals surface area (Å²) < 4.78 is 8.21. The number of fused-ring (bicyclic) bond motifs is 1. The van der Waals surface area contributed by atoms with E-state index < -0.39 is 0 Å². The third kappa shape index (κ3) is 1.51. The fraction of sp³-hybridized carbons (Fsp3) is 0.556. The van der Waals surface area contributed by atoms with Crippen molar-refractivity contribution in [3.8, 4) is 11.3 Å². The van der Waals surface area contributed by atoms with E-state index in [9.17, 15) is 0 Å². The zero-order chi connectivity index (χ0) is 16.1. The Morgan fingerprint density at radius 1 is 1.29 bits per heavy atom. The molecule has 0 aromatic carbocycles. The molecule has 3 saturated carbocycles. The number of nitrogen functional groups attached to an aromatic ring is 1. The van der Waals surface area contributed by atoms with Gasteiger partial charge in [-0.15, -0.1) is 0 Å². The maximum Gasteiger partial charge on any atom is 0.142 e. The highest BCUT2D eigenvalue weighted by molar-refractivity contribution is 6.33. The summed E-state index contributed by atoms with van der Waals surface area (Å²) in [6, 6.07) is 4.65. The molecule has 2 aliphatic heterocycles. The van der Waals surface area contributed by atoms with Crippen molar-refractivity contribution in [2.75, 3.05) is 12.3 Å². The summed E-state index contributed by atoms with van der Waals surface area (Å²) in [6.45, 7) is 0.926. The minimum absolute atomic E-state index is 0.277. The van der Waals surface area contributed by atoms with E-state index in [1.807, 2.05) is 6.07 Å². The second-order valence-electron chi connectivity index (χ2n) is 7.71. The number of halogens is 1.